The molecule has 0 fully saturated rings. The van der Waals surface area contributed by atoms with Gasteiger partial charge < -0.3 is 9.47 Å². The third kappa shape index (κ3) is 5.16. The van der Waals surface area contributed by atoms with Gasteiger partial charge in [0.25, 0.3) is 0 Å². The minimum Gasteiger partial charge on any atom is -0.463 e. The van der Waals surface area contributed by atoms with Gasteiger partial charge in [0.2, 0.25) is 0 Å². The second-order valence-corrected chi connectivity index (χ2v) is 3.58. The van der Waals surface area contributed by atoms with Crippen molar-refractivity contribution >= 4 is 18.2 Å². The van der Waals surface area contributed by atoms with Crippen molar-refractivity contribution in [3.63, 3.8) is 0 Å². The number of aldehydes is 1. The molecule has 5 nitrogen and oxygen atoms in total. The highest BCUT2D eigenvalue weighted by Gasteiger charge is 2.06. The summed E-state index contributed by atoms with van der Waals surface area (Å²) in [5.74, 6) is -1.21. The Labute approximate surface area is 110 Å². The number of ether oxygens (including phenoxy) is 2. The smallest absolute Gasteiger partial charge is 0.336 e. The van der Waals surface area contributed by atoms with Crippen molar-refractivity contribution < 1.29 is 23.9 Å². The molecule has 0 saturated carbocycles. The Kier molecular flexibility index (Phi) is 6.02. The second kappa shape index (κ2) is 7.81. The summed E-state index contributed by atoms with van der Waals surface area (Å²) in [5, 5.41) is 0. The number of carbonyl (C=O) groups is 3. The van der Waals surface area contributed by atoms with Crippen molar-refractivity contribution in [2.45, 2.75) is 13.3 Å². The maximum absolute atomic E-state index is 11.4. The molecule has 1 rings (SSSR count). The Morgan fingerprint density at radius 1 is 1.16 bits per heavy atom. The quantitative estimate of drug-likeness (QED) is 0.339. The van der Waals surface area contributed by atoms with E-state index < -0.39 is 11.9 Å². The van der Waals surface area contributed by atoms with Crippen molar-refractivity contribution in [2.75, 3.05) is 6.61 Å². The molecule has 0 unspecified atom stereocenters. The van der Waals surface area contributed by atoms with Gasteiger partial charge in [-0.15, -0.1) is 0 Å². The maximum atomic E-state index is 11.4. The zero-order valence-electron chi connectivity index (χ0n) is 10.5. The van der Waals surface area contributed by atoms with Crippen molar-refractivity contribution in [1.82, 2.24) is 0 Å². The van der Waals surface area contributed by atoms with E-state index in [9.17, 15) is 14.4 Å². The zero-order chi connectivity index (χ0) is 14.1. The Hall–Kier alpha value is -2.43. The molecule has 100 valence electrons. The average Bonchev–Trinajstić information content (AvgIpc) is 2.43. The highest BCUT2D eigenvalue weighted by Crippen LogP contribution is 2.15. The lowest BCUT2D eigenvalue weighted by molar-refractivity contribution is -0.138. The third-order valence-corrected chi connectivity index (χ3v) is 2.06. The van der Waals surface area contributed by atoms with E-state index in [0.29, 0.717) is 19.3 Å². The number of esters is 2. The number of rotatable bonds is 6. The second-order valence-electron chi connectivity index (χ2n) is 3.58. The van der Waals surface area contributed by atoms with E-state index in [2.05, 4.69) is 0 Å². The van der Waals surface area contributed by atoms with Crippen LogP contribution in [0, 0.1) is 0 Å². The number of para-hydroxylation sites is 1. The van der Waals surface area contributed by atoms with Gasteiger partial charge in [-0.25, -0.2) is 9.59 Å². The van der Waals surface area contributed by atoms with E-state index in [0.717, 1.165) is 12.2 Å². The van der Waals surface area contributed by atoms with Crippen LogP contribution in [0.2, 0.25) is 0 Å². The SMILES string of the molecule is CCCOC(=O)/C=C/C(=O)Oc1ccccc1C=O. The van der Waals surface area contributed by atoms with Gasteiger partial charge in [0, 0.05) is 12.2 Å². The summed E-state index contributed by atoms with van der Waals surface area (Å²) in [6.45, 7) is 2.16. The van der Waals surface area contributed by atoms with Crippen LogP contribution in [0.15, 0.2) is 36.4 Å². The lowest BCUT2D eigenvalue weighted by atomic mass is 10.2. The zero-order valence-corrected chi connectivity index (χ0v) is 10.5. The minimum atomic E-state index is -0.747. The van der Waals surface area contributed by atoms with Crippen LogP contribution in [0.1, 0.15) is 23.7 Å². The minimum absolute atomic E-state index is 0.147. The fraction of sp³-hybridized carbons (Fsp3) is 0.214. The molecule has 0 radical (unpaired) electrons. The number of hydrogen-bond acceptors (Lipinski definition) is 5. The first kappa shape index (κ1) is 14.6. The largest absolute Gasteiger partial charge is 0.463 e. The van der Waals surface area contributed by atoms with Crippen molar-refractivity contribution in [3.8, 4) is 5.75 Å². The molecular weight excluding hydrogens is 248 g/mol. The Bertz CT molecular complexity index is 490. The van der Waals surface area contributed by atoms with E-state index in [1.165, 1.54) is 12.1 Å². The van der Waals surface area contributed by atoms with Gasteiger partial charge in [-0.1, -0.05) is 19.1 Å². The van der Waals surface area contributed by atoms with Crippen molar-refractivity contribution in [2.24, 2.45) is 0 Å². The lowest BCUT2D eigenvalue weighted by Gasteiger charge is -2.03. The normalized spacial score (nSPS) is 10.2. The van der Waals surface area contributed by atoms with Crippen LogP contribution in [-0.4, -0.2) is 24.8 Å². The van der Waals surface area contributed by atoms with Gasteiger partial charge in [-0.2, -0.15) is 0 Å². The summed E-state index contributed by atoms with van der Waals surface area (Å²) in [5.41, 5.74) is 0.262. The van der Waals surface area contributed by atoms with Gasteiger partial charge in [0.1, 0.15) is 5.75 Å². The molecule has 19 heavy (non-hydrogen) atoms. The molecule has 0 N–H and O–H groups in total. The summed E-state index contributed by atoms with van der Waals surface area (Å²) < 4.78 is 9.67. The van der Waals surface area contributed by atoms with Gasteiger partial charge in [-0.05, 0) is 18.6 Å². The Morgan fingerprint density at radius 3 is 2.53 bits per heavy atom. The first-order chi connectivity index (χ1) is 9.17. The molecular formula is C14H14O5. The van der Waals surface area contributed by atoms with E-state index >= 15 is 0 Å². The number of benzene rings is 1. The standard InChI is InChI=1S/C14H14O5/c1-2-9-18-13(16)7-8-14(17)19-12-6-4-3-5-11(12)10-15/h3-8,10H,2,9H2,1H3/b8-7+. The predicted octanol–water partition coefficient (Wildman–Crippen LogP) is 1.91. The highest BCUT2D eigenvalue weighted by atomic mass is 16.5. The monoisotopic (exact) mass is 262 g/mol. The number of carbonyl (C=O) groups excluding carboxylic acids is 3. The van der Waals surface area contributed by atoms with Gasteiger partial charge in [0.05, 0.1) is 12.2 Å². The first-order valence-electron chi connectivity index (χ1n) is 5.78. The van der Waals surface area contributed by atoms with Crippen LogP contribution in [0.4, 0.5) is 0 Å². The van der Waals surface area contributed by atoms with Gasteiger partial charge >= 0.3 is 11.9 Å². The molecule has 5 heteroatoms. The summed E-state index contributed by atoms with van der Waals surface area (Å²) in [4.78, 5) is 33.2. The Balaban J connectivity index is 2.58. The lowest BCUT2D eigenvalue weighted by Crippen LogP contribution is -2.08. The van der Waals surface area contributed by atoms with Crippen LogP contribution < -0.4 is 4.74 Å². The van der Waals surface area contributed by atoms with E-state index in [1.54, 1.807) is 12.1 Å². The Morgan fingerprint density at radius 2 is 1.84 bits per heavy atom. The predicted molar refractivity (Wildman–Crippen MR) is 67.9 cm³/mol. The van der Waals surface area contributed by atoms with Gasteiger partial charge in [-0.3, -0.25) is 4.79 Å². The van der Waals surface area contributed by atoms with Crippen LogP contribution in [0.25, 0.3) is 0 Å². The molecule has 1 aromatic rings. The summed E-state index contributed by atoms with van der Waals surface area (Å²) >= 11 is 0. The number of hydrogen-bond donors (Lipinski definition) is 0. The van der Waals surface area contributed by atoms with Crippen LogP contribution in [0.5, 0.6) is 5.75 Å². The molecule has 0 aromatic heterocycles. The molecule has 1 aromatic carbocycles. The van der Waals surface area contributed by atoms with Gasteiger partial charge in [0.15, 0.2) is 6.29 Å². The first-order valence-corrected chi connectivity index (χ1v) is 5.78. The van der Waals surface area contributed by atoms with Crippen LogP contribution in [-0.2, 0) is 14.3 Å². The van der Waals surface area contributed by atoms with Crippen LogP contribution in [0.3, 0.4) is 0 Å². The molecule has 0 aliphatic carbocycles. The summed E-state index contributed by atoms with van der Waals surface area (Å²) in [6, 6.07) is 6.30. The molecule has 0 saturated heterocycles. The van der Waals surface area contributed by atoms with Crippen LogP contribution >= 0.6 is 0 Å². The summed E-state index contributed by atoms with van der Waals surface area (Å²) in [6.07, 6.45) is 3.24. The van der Waals surface area contributed by atoms with E-state index in [1.807, 2.05) is 6.92 Å². The molecule has 0 atom stereocenters. The topological polar surface area (TPSA) is 69.7 Å². The molecule has 0 spiro atoms. The third-order valence-electron chi connectivity index (χ3n) is 2.06. The molecule has 0 aliphatic rings. The fourth-order valence-electron chi connectivity index (χ4n) is 1.20. The molecule has 0 bridgehead atoms. The summed E-state index contributed by atoms with van der Waals surface area (Å²) in [7, 11) is 0. The molecule has 0 amide bonds. The molecule has 0 heterocycles. The van der Waals surface area contributed by atoms with Crippen molar-refractivity contribution in [3.05, 3.63) is 42.0 Å². The maximum Gasteiger partial charge on any atom is 0.336 e. The highest BCUT2D eigenvalue weighted by molar-refractivity contribution is 5.93. The average molecular weight is 262 g/mol. The van der Waals surface area contributed by atoms with E-state index in [4.69, 9.17) is 9.47 Å². The van der Waals surface area contributed by atoms with Crippen molar-refractivity contribution in [1.29, 1.82) is 0 Å². The molecule has 0 aliphatic heterocycles. The fourth-order valence-corrected chi connectivity index (χ4v) is 1.20. The van der Waals surface area contributed by atoms with E-state index in [-0.39, 0.29) is 11.3 Å².